The van der Waals surface area contributed by atoms with Crippen LogP contribution in [0.3, 0.4) is 0 Å². The average molecular weight is 322 g/mol. The summed E-state index contributed by atoms with van der Waals surface area (Å²) in [6.07, 6.45) is 3.04. The molecular formula is C17H17Cl2NO. The van der Waals surface area contributed by atoms with Crippen molar-refractivity contribution in [2.24, 2.45) is 5.73 Å². The lowest BCUT2D eigenvalue weighted by atomic mass is 9.95. The lowest BCUT2D eigenvalue weighted by molar-refractivity contribution is 0.167. The highest BCUT2D eigenvalue weighted by atomic mass is 35.5. The molecule has 0 saturated heterocycles. The summed E-state index contributed by atoms with van der Waals surface area (Å²) in [5.41, 5.74) is 8.66. The Balaban J connectivity index is 2.09. The van der Waals surface area contributed by atoms with E-state index in [9.17, 15) is 0 Å². The molecule has 2 N–H and O–H groups in total. The maximum absolute atomic E-state index is 6.34. The van der Waals surface area contributed by atoms with Crippen molar-refractivity contribution in [2.45, 2.75) is 25.4 Å². The molecule has 0 spiro atoms. The molecule has 2 nitrogen and oxygen atoms in total. The predicted molar refractivity (Wildman–Crippen MR) is 88.3 cm³/mol. The van der Waals surface area contributed by atoms with Gasteiger partial charge < -0.3 is 10.5 Å². The van der Waals surface area contributed by atoms with E-state index < -0.39 is 0 Å². The van der Waals surface area contributed by atoms with Gasteiger partial charge in [0.1, 0.15) is 11.9 Å². The van der Waals surface area contributed by atoms with Gasteiger partial charge in [-0.05, 0) is 43.5 Å². The van der Waals surface area contributed by atoms with E-state index in [0.29, 0.717) is 16.6 Å². The molecule has 0 saturated carbocycles. The molecule has 0 bridgehead atoms. The van der Waals surface area contributed by atoms with Crippen LogP contribution in [0.5, 0.6) is 5.75 Å². The van der Waals surface area contributed by atoms with Crippen molar-refractivity contribution in [1.29, 1.82) is 0 Å². The van der Waals surface area contributed by atoms with Crippen molar-refractivity contribution in [1.82, 2.24) is 0 Å². The van der Waals surface area contributed by atoms with E-state index in [0.717, 1.165) is 36.1 Å². The molecule has 1 aliphatic rings. The molecule has 0 fully saturated rings. The van der Waals surface area contributed by atoms with Gasteiger partial charge in [-0.25, -0.2) is 0 Å². The van der Waals surface area contributed by atoms with Crippen molar-refractivity contribution < 1.29 is 4.74 Å². The molecule has 1 aliphatic heterocycles. The number of benzene rings is 2. The summed E-state index contributed by atoms with van der Waals surface area (Å²) in [7, 11) is 0. The monoisotopic (exact) mass is 321 g/mol. The van der Waals surface area contributed by atoms with E-state index in [2.05, 4.69) is 6.07 Å². The van der Waals surface area contributed by atoms with Gasteiger partial charge in [0, 0.05) is 11.1 Å². The fraction of sp³-hybridized carbons (Fsp3) is 0.294. The maximum Gasteiger partial charge on any atom is 0.130 e. The zero-order valence-corrected chi connectivity index (χ0v) is 13.1. The van der Waals surface area contributed by atoms with Crippen LogP contribution in [-0.4, -0.2) is 12.6 Å². The Hall–Kier alpha value is -1.22. The maximum atomic E-state index is 6.34. The Morgan fingerprint density at radius 1 is 1.10 bits per heavy atom. The van der Waals surface area contributed by atoms with E-state index in [1.165, 1.54) is 5.56 Å². The Labute approximate surface area is 134 Å². The van der Waals surface area contributed by atoms with Crippen LogP contribution in [0.15, 0.2) is 36.4 Å². The Kier molecular flexibility index (Phi) is 4.39. The number of hydrogen-bond acceptors (Lipinski definition) is 2. The minimum absolute atomic E-state index is 0.171. The van der Waals surface area contributed by atoms with Crippen LogP contribution in [0.4, 0.5) is 0 Å². The van der Waals surface area contributed by atoms with Crippen molar-refractivity contribution >= 4 is 23.2 Å². The second-order valence-corrected chi connectivity index (χ2v) is 6.06. The average Bonchev–Trinajstić information content (AvgIpc) is 2.48. The summed E-state index contributed by atoms with van der Waals surface area (Å²) in [5, 5.41) is 1.28. The van der Waals surface area contributed by atoms with Crippen molar-refractivity contribution in [3.05, 3.63) is 52.0 Å². The molecule has 0 aliphatic carbocycles. The first-order valence-electron chi connectivity index (χ1n) is 7.13. The standard InChI is InChI=1S/C17H17Cl2NO/c18-14-5-2-6-15(19)16(14)13-4-1-3-11-7-8-12(9-10-20)21-17(11)13/h1-6,12H,7-10,20H2/t12-/m1/s1. The van der Waals surface area contributed by atoms with E-state index in [1.807, 2.05) is 30.3 Å². The van der Waals surface area contributed by atoms with Gasteiger partial charge in [0.2, 0.25) is 0 Å². The Bertz CT molecular complexity index is 637. The molecule has 1 atom stereocenters. The number of para-hydroxylation sites is 1. The van der Waals surface area contributed by atoms with Gasteiger partial charge in [0.25, 0.3) is 0 Å². The zero-order valence-electron chi connectivity index (χ0n) is 11.6. The number of nitrogens with two attached hydrogens (primary N) is 1. The summed E-state index contributed by atoms with van der Waals surface area (Å²) in [6, 6.07) is 11.7. The molecule has 3 rings (SSSR count). The van der Waals surface area contributed by atoms with Crippen LogP contribution in [0.25, 0.3) is 11.1 Å². The molecule has 0 radical (unpaired) electrons. The minimum Gasteiger partial charge on any atom is -0.489 e. The van der Waals surface area contributed by atoms with E-state index in [1.54, 1.807) is 0 Å². The normalized spacial score (nSPS) is 17.2. The van der Waals surface area contributed by atoms with Gasteiger partial charge >= 0.3 is 0 Å². The highest BCUT2D eigenvalue weighted by Crippen LogP contribution is 2.43. The molecule has 21 heavy (non-hydrogen) atoms. The predicted octanol–water partition coefficient (Wildman–Crippen LogP) is 4.70. The quantitative estimate of drug-likeness (QED) is 0.889. The zero-order chi connectivity index (χ0) is 14.8. The largest absolute Gasteiger partial charge is 0.489 e. The molecule has 1 heterocycles. The number of ether oxygens (including phenoxy) is 1. The topological polar surface area (TPSA) is 35.2 Å². The van der Waals surface area contributed by atoms with Crippen molar-refractivity contribution in [3.63, 3.8) is 0 Å². The molecular weight excluding hydrogens is 305 g/mol. The van der Waals surface area contributed by atoms with Crippen molar-refractivity contribution in [3.8, 4) is 16.9 Å². The highest BCUT2D eigenvalue weighted by Gasteiger charge is 2.23. The molecule has 110 valence electrons. The first-order chi connectivity index (χ1) is 10.2. The summed E-state index contributed by atoms with van der Waals surface area (Å²) in [6.45, 7) is 0.634. The Morgan fingerprint density at radius 2 is 1.81 bits per heavy atom. The van der Waals surface area contributed by atoms with Gasteiger partial charge in [0.05, 0.1) is 10.0 Å². The number of fused-ring (bicyclic) bond motifs is 1. The molecule has 0 aromatic heterocycles. The molecule has 2 aromatic carbocycles. The molecule has 2 aromatic rings. The molecule has 4 heteroatoms. The lowest BCUT2D eigenvalue weighted by Crippen LogP contribution is -2.25. The number of hydrogen-bond donors (Lipinski definition) is 1. The van der Waals surface area contributed by atoms with Crippen LogP contribution < -0.4 is 10.5 Å². The summed E-state index contributed by atoms with van der Waals surface area (Å²) in [5.74, 6) is 0.900. The van der Waals surface area contributed by atoms with Crippen LogP contribution in [-0.2, 0) is 6.42 Å². The van der Waals surface area contributed by atoms with Crippen LogP contribution in [0.2, 0.25) is 10.0 Å². The van der Waals surface area contributed by atoms with Gasteiger partial charge in [-0.2, -0.15) is 0 Å². The second kappa shape index (κ2) is 6.27. The van der Waals surface area contributed by atoms with Gasteiger partial charge in [-0.1, -0.05) is 47.5 Å². The number of rotatable bonds is 3. The third kappa shape index (κ3) is 2.89. The minimum atomic E-state index is 0.171. The van der Waals surface area contributed by atoms with E-state index in [-0.39, 0.29) is 6.10 Å². The fourth-order valence-corrected chi connectivity index (χ4v) is 3.41. The summed E-state index contributed by atoms with van der Waals surface area (Å²) >= 11 is 12.7. The third-order valence-corrected chi connectivity index (χ3v) is 4.47. The third-order valence-electron chi connectivity index (χ3n) is 3.84. The van der Waals surface area contributed by atoms with Gasteiger partial charge in [-0.15, -0.1) is 0 Å². The van der Waals surface area contributed by atoms with Gasteiger partial charge in [0.15, 0.2) is 0 Å². The van der Waals surface area contributed by atoms with Crippen molar-refractivity contribution in [2.75, 3.05) is 6.54 Å². The molecule has 0 unspecified atom stereocenters. The van der Waals surface area contributed by atoms with E-state index in [4.69, 9.17) is 33.7 Å². The van der Waals surface area contributed by atoms with Crippen LogP contribution in [0.1, 0.15) is 18.4 Å². The summed E-state index contributed by atoms with van der Waals surface area (Å²) in [4.78, 5) is 0. The van der Waals surface area contributed by atoms with Crippen LogP contribution in [0, 0.1) is 0 Å². The van der Waals surface area contributed by atoms with E-state index >= 15 is 0 Å². The fourth-order valence-electron chi connectivity index (χ4n) is 2.80. The SMILES string of the molecule is NCC[C@H]1CCc2cccc(-c3c(Cl)cccc3Cl)c2O1. The number of halogens is 2. The summed E-state index contributed by atoms with van der Waals surface area (Å²) < 4.78 is 6.17. The Morgan fingerprint density at radius 3 is 2.52 bits per heavy atom. The second-order valence-electron chi connectivity index (χ2n) is 5.25. The lowest BCUT2D eigenvalue weighted by Gasteiger charge is -2.28. The first-order valence-corrected chi connectivity index (χ1v) is 7.89. The van der Waals surface area contributed by atoms with Crippen LogP contribution >= 0.6 is 23.2 Å². The number of aryl methyl sites for hydroxylation is 1. The first kappa shape index (κ1) is 14.7. The highest BCUT2D eigenvalue weighted by molar-refractivity contribution is 6.39. The molecule has 0 amide bonds. The van der Waals surface area contributed by atoms with Gasteiger partial charge in [-0.3, -0.25) is 0 Å². The smallest absolute Gasteiger partial charge is 0.130 e.